The molecular formula is C31H38N6O5. The molecule has 3 aromatic rings. The predicted octanol–water partition coefficient (Wildman–Crippen LogP) is 3.11. The molecule has 0 saturated carbocycles. The smallest absolute Gasteiger partial charge is 0.407 e. The summed E-state index contributed by atoms with van der Waals surface area (Å²) in [4.78, 5) is 30.4. The monoisotopic (exact) mass is 574 g/mol. The van der Waals surface area contributed by atoms with E-state index in [1.165, 1.54) is 0 Å². The van der Waals surface area contributed by atoms with Gasteiger partial charge in [0.2, 0.25) is 0 Å². The first-order valence-electron chi connectivity index (χ1n) is 14.6. The van der Waals surface area contributed by atoms with Crippen LogP contribution in [0.15, 0.2) is 60.8 Å². The molecule has 11 heteroatoms. The van der Waals surface area contributed by atoms with Crippen LogP contribution < -0.4 is 15.8 Å². The van der Waals surface area contributed by atoms with Crippen molar-refractivity contribution in [3.05, 3.63) is 71.9 Å². The highest BCUT2D eigenvalue weighted by Gasteiger charge is 2.42. The van der Waals surface area contributed by atoms with E-state index in [2.05, 4.69) is 15.3 Å². The van der Waals surface area contributed by atoms with E-state index in [1.807, 2.05) is 59.5 Å². The number of alkyl carbamates (subject to hydrolysis) is 1. The number of nitrogen functional groups attached to an aromatic ring is 1. The number of nitrogens with one attached hydrogen (secondary N) is 1. The normalized spacial score (nSPS) is 22.6. The van der Waals surface area contributed by atoms with Gasteiger partial charge in [-0.25, -0.2) is 9.48 Å². The number of aromatic nitrogens is 2. The lowest BCUT2D eigenvalue weighted by Crippen LogP contribution is -2.36. The van der Waals surface area contributed by atoms with Crippen molar-refractivity contribution in [1.29, 1.82) is 0 Å². The van der Waals surface area contributed by atoms with Crippen molar-refractivity contribution in [2.45, 2.75) is 25.0 Å². The minimum absolute atomic E-state index is 0.0762. The molecule has 4 atom stereocenters. The van der Waals surface area contributed by atoms with Crippen molar-refractivity contribution in [3.63, 3.8) is 0 Å². The molecule has 11 nitrogen and oxygen atoms in total. The Morgan fingerprint density at radius 2 is 1.81 bits per heavy atom. The number of nitrogens with two attached hydrogens (primary N) is 1. The van der Waals surface area contributed by atoms with Crippen molar-refractivity contribution in [3.8, 4) is 11.4 Å². The van der Waals surface area contributed by atoms with Gasteiger partial charge in [-0.15, -0.1) is 0 Å². The number of fused-ring (bicyclic) bond motifs is 1. The maximum atomic E-state index is 13.4. The first-order chi connectivity index (χ1) is 20.5. The molecule has 6 rings (SSSR count). The standard InChI is InChI=1S/C31H38N6O5/c1-40-25-9-7-24(8-10-25)37-29(32)27(15-33-37)30(38)36-18-22-16-35(17-23(22)19-36)13-11-28(21-5-3-2-4-6-21)34-31(39)42-26-12-14-41-20-26/h2-10,15,22-23,26,28H,11-14,16-20,32H2,1H3,(H,34,39)/t22-,23?,26?,28?/m0/s1. The van der Waals surface area contributed by atoms with E-state index in [1.54, 1.807) is 18.0 Å². The Kier molecular flexibility index (Phi) is 8.29. The lowest BCUT2D eigenvalue weighted by atomic mass is 10.0. The number of benzene rings is 2. The molecule has 3 fully saturated rings. The second-order valence-electron chi connectivity index (χ2n) is 11.3. The Morgan fingerprint density at radius 1 is 1.07 bits per heavy atom. The van der Waals surface area contributed by atoms with E-state index in [9.17, 15) is 9.59 Å². The first kappa shape index (κ1) is 28.0. The van der Waals surface area contributed by atoms with E-state index in [0.29, 0.717) is 49.5 Å². The van der Waals surface area contributed by atoms with Crippen LogP contribution >= 0.6 is 0 Å². The molecule has 0 aliphatic carbocycles. The minimum Gasteiger partial charge on any atom is -0.497 e. The summed E-state index contributed by atoms with van der Waals surface area (Å²) in [6.45, 7) is 5.15. The molecular weight excluding hydrogens is 536 g/mol. The largest absolute Gasteiger partial charge is 0.497 e. The topological polar surface area (TPSA) is 124 Å². The lowest BCUT2D eigenvalue weighted by Gasteiger charge is -2.25. The SMILES string of the molecule is COc1ccc(-n2ncc(C(=O)N3CC4CN(CCC(NC(=O)OC5CCOC5)c5ccccc5)C[C@H]4C3)c2N)cc1. The van der Waals surface area contributed by atoms with E-state index < -0.39 is 6.09 Å². The Morgan fingerprint density at radius 3 is 2.48 bits per heavy atom. The van der Waals surface area contributed by atoms with Gasteiger partial charge in [0, 0.05) is 39.1 Å². The third-order valence-corrected chi connectivity index (χ3v) is 8.59. The van der Waals surface area contributed by atoms with Crippen molar-refractivity contribution < 1.29 is 23.8 Å². The van der Waals surface area contributed by atoms with Gasteiger partial charge < -0.3 is 35.1 Å². The van der Waals surface area contributed by atoms with Gasteiger partial charge in [0.15, 0.2) is 0 Å². The van der Waals surface area contributed by atoms with Gasteiger partial charge in [-0.3, -0.25) is 4.79 Å². The summed E-state index contributed by atoms with van der Waals surface area (Å²) in [5.41, 5.74) is 8.63. The van der Waals surface area contributed by atoms with Crippen molar-refractivity contribution >= 4 is 17.8 Å². The van der Waals surface area contributed by atoms with E-state index in [-0.39, 0.29) is 18.1 Å². The Bertz CT molecular complexity index is 1360. The molecule has 3 aliphatic heterocycles. The first-order valence-corrected chi connectivity index (χ1v) is 14.6. The molecule has 0 bridgehead atoms. The molecule has 3 saturated heterocycles. The van der Waals surface area contributed by atoms with E-state index >= 15 is 0 Å². The predicted molar refractivity (Wildman–Crippen MR) is 156 cm³/mol. The van der Waals surface area contributed by atoms with Crippen molar-refractivity contribution in [1.82, 2.24) is 24.9 Å². The fourth-order valence-electron chi connectivity index (χ4n) is 6.31. The van der Waals surface area contributed by atoms with Gasteiger partial charge in [-0.1, -0.05) is 30.3 Å². The number of carbonyl (C=O) groups excluding carboxylic acids is 2. The molecule has 0 spiro atoms. The third kappa shape index (κ3) is 6.07. The summed E-state index contributed by atoms with van der Waals surface area (Å²) in [6, 6.07) is 17.3. The van der Waals surface area contributed by atoms with Crippen LogP contribution in [0.5, 0.6) is 5.75 Å². The van der Waals surface area contributed by atoms with E-state index in [4.69, 9.17) is 19.9 Å². The summed E-state index contributed by atoms with van der Waals surface area (Å²) in [7, 11) is 1.62. The fraction of sp³-hybridized carbons (Fsp3) is 0.452. The number of carbonyl (C=O) groups is 2. The van der Waals surface area contributed by atoms with Crippen LogP contribution in [0.3, 0.4) is 0 Å². The summed E-state index contributed by atoms with van der Waals surface area (Å²) in [5.74, 6) is 1.81. The van der Waals surface area contributed by atoms with E-state index in [0.717, 1.165) is 49.5 Å². The number of likely N-dealkylation sites (tertiary alicyclic amines) is 2. The van der Waals surface area contributed by atoms with Crippen LogP contribution in [0.2, 0.25) is 0 Å². The van der Waals surface area contributed by atoms with Gasteiger partial charge >= 0.3 is 6.09 Å². The maximum absolute atomic E-state index is 13.4. The number of rotatable bonds is 9. The average molecular weight is 575 g/mol. The summed E-state index contributed by atoms with van der Waals surface area (Å²) in [5, 5.41) is 7.46. The lowest BCUT2D eigenvalue weighted by molar-refractivity contribution is 0.0774. The molecule has 4 heterocycles. The van der Waals surface area contributed by atoms with Crippen LogP contribution in [0.25, 0.3) is 5.69 Å². The molecule has 2 amide bonds. The zero-order valence-corrected chi connectivity index (χ0v) is 23.9. The third-order valence-electron chi connectivity index (χ3n) is 8.59. The quantitative estimate of drug-likeness (QED) is 0.400. The molecule has 3 N–H and O–H groups in total. The zero-order valence-electron chi connectivity index (χ0n) is 23.9. The Hall–Kier alpha value is -4.09. The molecule has 3 unspecified atom stereocenters. The van der Waals surface area contributed by atoms with Crippen LogP contribution in [-0.4, -0.2) is 90.7 Å². The number of anilines is 1. The molecule has 222 valence electrons. The number of nitrogens with zero attached hydrogens (tertiary/aromatic N) is 4. The highest BCUT2D eigenvalue weighted by molar-refractivity contribution is 5.98. The summed E-state index contributed by atoms with van der Waals surface area (Å²) >= 11 is 0. The molecule has 1 aromatic heterocycles. The molecule has 3 aliphatic rings. The Labute approximate surface area is 245 Å². The zero-order chi connectivity index (χ0) is 29.1. The Balaban J connectivity index is 1.03. The molecule has 42 heavy (non-hydrogen) atoms. The second kappa shape index (κ2) is 12.4. The molecule has 2 aromatic carbocycles. The number of hydrogen-bond acceptors (Lipinski definition) is 8. The van der Waals surface area contributed by atoms with Crippen LogP contribution in [-0.2, 0) is 9.47 Å². The van der Waals surface area contributed by atoms with Gasteiger partial charge in [-0.05, 0) is 48.1 Å². The molecule has 0 radical (unpaired) electrons. The van der Waals surface area contributed by atoms with Gasteiger partial charge in [0.05, 0.1) is 38.2 Å². The van der Waals surface area contributed by atoms with Gasteiger partial charge in [0.25, 0.3) is 5.91 Å². The number of amides is 2. The highest BCUT2D eigenvalue weighted by atomic mass is 16.6. The van der Waals surface area contributed by atoms with Crippen molar-refractivity contribution in [2.75, 3.05) is 58.8 Å². The summed E-state index contributed by atoms with van der Waals surface area (Å²) in [6.07, 6.45) is 2.48. The second-order valence-corrected chi connectivity index (χ2v) is 11.3. The minimum atomic E-state index is -0.401. The van der Waals surface area contributed by atoms with Gasteiger partial charge in [-0.2, -0.15) is 5.10 Å². The van der Waals surface area contributed by atoms with Crippen LogP contribution in [0.1, 0.15) is 34.8 Å². The number of methoxy groups -OCH3 is 1. The van der Waals surface area contributed by atoms with Gasteiger partial charge in [0.1, 0.15) is 23.2 Å². The number of ether oxygens (including phenoxy) is 3. The summed E-state index contributed by atoms with van der Waals surface area (Å²) < 4.78 is 17.7. The van der Waals surface area contributed by atoms with Crippen LogP contribution in [0, 0.1) is 11.8 Å². The fourth-order valence-corrected chi connectivity index (χ4v) is 6.31. The highest BCUT2D eigenvalue weighted by Crippen LogP contribution is 2.33. The maximum Gasteiger partial charge on any atom is 0.407 e. The average Bonchev–Trinajstić information content (AvgIpc) is 3.80. The number of hydrogen-bond donors (Lipinski definition) is 2. The van der Waals surface area contributed by atoms with Crippen molar-refractivity contribution in [2.24, 2.45) is 11.8 Å². The van der Waals surface area contributed by atoms with Crippen LogP contribution in [0.4, 0.5) is 10.6 Å².